The number of hydrogen-bond donors (Lipinski definition) is 0. The van der Waals surface area contributed by atoms with E-state index < -0.39 is 0 Å². The Morgan fingerprint density at radius 1 is 0.469 bits per heavy atom. The van der Waals surface area contributed by atoms with Gasteiger partial charge in [-0.05, 0) is 24.0 Å². The minimum atomic E-state index is 0.322. The maximum absolute atomic E-state index is 10.4. The highest BCUT2D eigenvalue weighted by Crippen LogP contribution is 2.30. The van der Waals surface area contributed by atoms with E-state index in [0.717, 1.165) is 12.6 Å². The third-order valence-electron chi connectivity index (χ3n) is 6.65. The van der Waals surface area contributed by atoms with Crippen LogP contribution < -0.4 is 0 Å². The van der Waals surface area contributed by atoms with Crippen molar-refractivity contribution in [3.8, 4) is 0 Å². The lowest BCUT2D eigenvalue weighted by Crippen LogP contribution is -2.01. The second kappa shape index (κ2) is 19.0. The van der Waals surface area contributed by atoms with Gasteiger partial charge in [-0.15, -0.1) is 0 Å². The van der Waals surface area contributed by atoms with Gasteiger partial charge in [0.05, 0.1) is 0 Å². The van der Waals surface area contributed by atoms with E-state index in [4.69, 9.17) is 0 Å². The quantitative estimate of drug-likeness (QED) is 0.144. The maximum atomic E-state index is 10.4. The Hall–Kier alpha value is -1.46. The SMILES string of the molecule is O=PCCCCCCCCCCCCCCCCCC(c1ccccc1)c1ccccc1. The molecule has 0 amide bonds. The average molecular weight is 453 g/mol. The van der Waals surface area contributed by atoms with Gasteiger partial charge in [0.25, 0.3) is 0 Å². The van der Waals surface area contributed by atoms with Gasteiger partial charge in [0, 0.05) is 12.1 Å². The molecule has 2 rings (SSSR count). The number of benzene rings is 2. The topological polar surface area (TPSA) is 17.1 Å². The standard InChI is InChI=1S/C30H45OP/c31-32-27-21-13-11-9-7-5-3-1-2-4-6-8-10-12-20-26-30(28-22-16-14-17-23-28)29-24-18-15-19-25-29/h14-19,22-25,30H,1-13,20-21,26-27H2. The van der Waals surface area contributed by atoms with Gasteiger partial charge in [0.15, 0.2) is 8.46 Å². The molecule has 1 nitrogen and oxygen atoms in total. The predicted molar refractivity (Wildman–Crippen MR) is 141 cm³/mol. The van der Waals surface area contributed by atoms with Gasteiger partial charge in [-0.3, -0.25) is 4.57 Å². The van der Waals surface area contributed by atoms with E-state index in [-0.39, 0.29) is 0 Å². The maximum Gasteiger partial charge on any atom is 0.155 e. The molecule has 0 spiro atoms. The Morgan fingerprint density at radius 2 is 0.812 bits per heavy atom. The van der Waals surface area contributed by atoms with Crippen molar-refractivity contribution in [3.63, 3.8) is 0 Å². The van der Waals surface area contributed by atoms with Crippen LogP contribution in [0.5, 0.6) is 0 Å². The molecule has 0 aliphatic heterocycles. The molecule has 0 heterocycles. The van der Waals surface area contributed by atoms with Crippen LogP contribution in [0.3, 0.4) is 0 Å². The first-order valence-electron chi connectivity index (χ1n) is 13.3. The Labute approximate surface area is 199 Å². The third kappa shape index (κ3) is 12.5. The lowest BCUT2D eigenvalue weighted by Gasteiger charge is -2.18. The van der Waals surface area contributed by atoms with Crippen LogP contribution in [0, 0.1) is 0 Å². The van der Waals surface area contributed by atoms with E-state index in [1.165, 1.54) is 107 Å². The summed E-state index contributed by atoms with van der Waals surface area (Å²) < 4.78 is 10.4. The average Bonchev–Trinajstić information content (AvgIpc) is 2.84. The minimum absolute atomic E-state index is 0.322. The summed E-state index contributed by atoms with van der Waals surface area (Å²) in [4.78, 5) is 0. The first kappa shape index (κ1) is 26.8. The van der Waals surface area contributed by atoms with Gasteiger partial charge >= 0.3 is 0 Å². The van der Waals surface area contributed by atoms with Crippen LogP contribution >= 0.6 is 8.46 Å². The molecule has 0 aromatic heterocycles. The normalized spacial score (nSPS) is 11.4. The Balaban J connectivity index is 1.44. The smallest absolute Gasteiger partial charge is 0.155 e. The van der Waals surface area contributed by atoms with Gasteiger partial charge in [-0.2, -0.15) is 0 Å². The molecule has 0 bridgehead atoms. The molecule has 0 saturated carbocycles. The summed E-state index contributed by atoms with van der Waals surface area (Å²) in [6, 6.07) is 22.1. The second-order valence-corrected chi connectivity index (χ2v) is 10.0. The third-order valence-corrected chi connectivity index (χ3v) is 7.14. The molecule has 0 aliphatic carbocycles. The van der Waals surface area contributed by atoms with Gasteiger partial charge in [0.2, 0.25) is 0 Å². The van der Waals surface area contributed by atoms with Crippen molar-refractivity contribution in [1.82, 2.24) is 0 Å². The zero-order chi connectivity index (χ0) is 22.5. The van der Waals surface area contributed by atoms with Crippen LogP contribution in [-0.4, -0.2) is 6.16 Å². The van der Waals surface area contributed by atoms with Crippen LogP contribution in [-0.2, 0) is 4.57 Å². The van der Waals surface area contributed by atoms with Crippen molar-refractivity contribution in [3.05, 3.63) is 71.8 Å². The summed E-state index contributed by atoms with van der Waals surface area (Å²) in [5.41, 5.74) is 2.91. The zero-order valence-electron chi connectivity index (χ0n) is 20.2. The number of rotatable bonds is 20. The highest BCUT2D eigenvalue weighted by molar-refractivity contribution is 7.23. The molecule has 0 aliphatic rings. The largest absolute Gasteiger partial charge is 0.275 e. The van der Waals surface area contributed by atoms with Crippen molar-refractivity contribution >= 4 is 8.46 Å². The van der Waals surface area contributed by atoms with Gasteiger partial charge in [-0.25, -0.2) is 0 Å². The van der Waals surface area contributed by atoms with Crippen molar-refractivity contribution in [2.24, 2.45) is 0 Å². The fraction of sp³-hybridized carbons (Fsp3) is 0.600. The van der Waals surface area contributed by atoms with Crippen molar-refractivity contribution in [2.75, 3.05) is 6.16 Å². The molecule has 2 heteroatoms. The molecule has 0 saturated heterocycles. The first-order chi connectivity index (χ1) is 15.9. The summed E-state index contributed by atoms with van der Waals surface area (Å²) in [6.07, 6.45) is 22.6. The van der Waals surface area contributed by atoms with Crippen molar-refractivity contribution < 1.29 is 4.57 Å². The Bertz CT molecular complexity index is 630. The highest BCUT2D eigenvalue weighted by Gasteiger charge is 2.13. The molecular weight excluding hydrogens is 407 g/mol. The van der Waals surface area contributed by atoms with Crippen LogP contribution in [0.2, 0.25) is 0 Å². The molecule has 0 radical (unpaired) electrons. The van der Waals surface area contributed by atoms with Crippen molar-refractivity contribution in [2.45, 2.75) is 109 Å². The van der Waals surface area contributed by atoms with E-state index >= 15 is 0 Å². The Morgan fingerprint density at radius 3 is 1.19 bits per heavy atom. The van der Waals surface area contributed by atoms with E-state index in [1.54, 1.807) is 0 Å². The highest BCUT2D eigenvalue weighted by atomic mass is 31.1. The molecule has 0 atom stereocenters. The molecule has 2 aromatic rings. The molecule has 176 valence electrons. The summed E-state index contributed by atoms with van der Waals surface area (Å²) in [5.74, 6) is 0.537. The molecular formula is C30H45OP. The summed E-state index contributed by atoms with van der Waals surface area (Å²) in [7, 11) is 0.322. The fourth-order valence-electron chi connectivity index (χ4n) is 4.72. The summed E-state index contributed by atoms with van der Waals surface area (Å²) in [6.45, 7) is 0. The Kier molecular flexibility index (Phi) is 15.9. The van der Waals surface area contributed by atoms with Crippen LogP contribution in [0.1, 0.15) is 120 Å². The first-order valence-corrected chi connectivity index (χ1v) is 14.3. The molecule has 32 heavy (non-hydrogen) atoms. The molecule has 0 unspecified atom stereocenters. The van der Waals surface area contributed by atoms with E-state index in [2.05, 4.69) is 60.7 Å². The molecule has 2 aromatic carbocycles. The van der Waals surface area contributed by atoms with Gasteiger partial charge < -0.3 is 0 Å². The number of unbranched alkanes of at least 4 members (excludes halogenated alkanes) is 14. The van der Waals surface area contributed by atoms with Crippen LogP contribution in [0.25, 0.3) is 0 Å². The fourth-order valence-corrected chi connectivity index (χ4v) is 5.07. The van der Waals surface area contributed by atoms with Crippen LogP contribution in [0.4, 0.5) is 0 Å². The lowest BCUT2D eigenvalue weighted by molar-refractivity contribution is 0.525. The van der Waals surface area contributed by atoms with Crippen LogP contribution in [0.15, 0.2) is 60.7 Å². The molecule has 0 fully saturated rings. The van der Waals surface area contributed by atoms with Gasteiger partial charge in [-0.1, -0.05) is 151 Å². The van der Waals surface area contributed by atoms with E-state index in [1.807, 2.05) is 0 Å². The van der Waals surface area contributed by atoms with Gasteiger partial charge in [0.1, 0.15) is 0 Å². The zero-order valence-corrected chi connectivity index (χ0v) is 21.1. The van der Waals surface area contributed by atoms with E-state index in [9.17, 15) is 4.57 Å². The monoisotopic (exact) mass is 452 g/mol. The molecule has 0 N–H and O–H groups in total. The van der Waals surface area contributed by atoms with Crippen molar-refractivity contribution in [1.29, 1.82) is 0 Å². The predicted octanol–water partition coefficient (Wildman–Crippen LogP) is 10.4. The number of hydrogen-bond acceptors (Lipinski definition) is 1. The summed E-state index contributed by atoms with van der Waals surface area (Å²) in [5, 5.41) is 0. The second-order valence-electron chi connectivity index (χ2n) is 9.32. The van der Waals surface area contributed by atoms with E-state index in [0.29, 0.717) is 14.4 Å². The minimum Gasteiger partial charge on any atom is -0.275 e. The lowest BCUT2D eigenvalue weighted by atomic mass is 9.87. The summed E-state index contributed by atoms with van der Waals surface area (Å²) >= 11 is 0.